The van der Waals surface area contributed by atoms with Crippen molar-refractivity contribution in [2.24, 2.45) is 0 Å². The molecule has 1 amide bonds. The van der Waals surface area contributed by atoms with Gasteiger partial charge in [0.1, 0.15) is 16.4 Å². The third kappa shape index (κ3) is 3.29. The molecular weight excluding hydrogens is 346 g/mol. The first kappa shape index (κ1) is 18.3. The summed E-state index contributed by atoms with van der Waals surface area (Å²) in [6, 6.07) is 7.55. The van der Waals surface area contributed by atoms with Gasteiger partial charge in [0.15, 0.2) is 0 Å². The maximum atomic E-state index is 12.9. The summed E-state index contributed by atoms with van der Waals surface area (Å²) in [6.07, 6.45) is 0.778. The zero-order valence-corrected chi connectivity index (χ0v) is 16.5. The number of nitrogens with one attached hydrogen (secondary N) is 1. The van der Waals surface area contributed by atoms with Crippen LogP contribution >= 0.6 is 11.3 Å². The van der Waals surface area contributed by atoms with Crippen LogP contribution in [0, 0.1) is 13.8 Å². The van der Waals surface area contributed by atoms with Gasteiger partial charge < -0.3 is 10.1 Å². The molecule has 0 unspecified atom stereocenters. The third-order valence-corrected chi connectivity index (χ3v) is 5.68. The Balaban J connectivity index is 1.93. The Morgan fingerprint density at radius 3 is 2.69 bits per heavy atom. The summed E-state index contributed by atoms with van der Waals surface area (Å²) in [5, 5.41) is 4.07. The number of benzene rings is 1. The number of methoxy groups -OCH3 is 1. The minimum absolute atomic E-state index is 0.0960. The van der Waals surface area contributed by atoms with E-state index in [9.17, 15) is 4.79 Å². The van der Waals surface area contributed by atoms with Crippen LogP contribution in [0.3, 0.4) is 0 Å². The monoisotopic (exact) mass is 369 g/mol. The van der Waals surface area contributed by atoms with E-state index in [1.165, 1.54) is 11.3 Å². The molecule has 3 aromatic rings. The van der Waals surface area contributed by atoms with Crippen molar-refractivity contribution in [3.05, 3.63) is 51.8 Å². The van der Waals surface area contributed by atoms with E-state index in [4.69, 9.17) is 4.74 Å². The molecule has 3 rings (SSSR count). The average Bonchev–Trinajstić information content (AvgIpc) is 2.98. The predicted molar refractivity (Wildman–Crippen MR) is 105 cm³/mol. The van der Waals surface area contributed by atoms with Crippen molar-refractivity contribution < 1.29 is 9.53 Å². The van der Waals surface area contributed by atoms with E-state index in [1.54, 1.807) is 7.11 Å². The number of fused-ring (bicyclic) bond motifs is 1. The SMILES string of the molecule is CCc1nc(C)c2c(C)c(C(=O)N[C@H](C)c3ccccc3OC)sc2n1. The Hall–Kier alpha value is -2.47. The maximum Gasteiger partial charge on any atom is 0.262 e. The summed E-state index contributed by atoms with van der Waals surface area (Å²) < 4.78 is 5.40. The first-order valence-electron chi connectivity index (χ1n) is 8.66. The molecule has 0 radical (unpaired) electrons. The van der Waals surface area contributed by atoms with E-state index in [1.807, 2.05) is 52.0 Å². The topological polar surface area (TPSA) is 64.1 Å². The molecule has 0 bridgehead atoms. The molecule has 1 aromatic carbocycles. The van der Waals surface area contributed by atoms with Gasteiger partial charge in [-0.1, -0.05) is 25.1 Å². The second kappa shape index (κ2) is 7.41. The Kier molecular flexibility index (Phi) is 5.23. The highest BCUT2D eigenvalue weighted by Crippen LogP contribution is 2.32. The van der Waals surface area contributed by atoms with Crippen LogP contribution in [0.15, 0.2) is 24.3 Å². The number of amides is 1. The highest BCUT2D eigenvalue weighted by atomic mass is 32.1. The lowest BCUT2D eigenvalue weighted by Gasteiger charge is -2.17. The van der Waals surface area contributed by atoms with Gasteiger partial charge in [0.25, 0.3) is 5.91 Å². The quantitative estimate of drug-likeness (QED) is 0.725. The summed E-state index contributed by atoms with van der Waals surface area (Å²) >= 11 is 1.43. The summed E-state index contributed by atoms with van der Waals surface area (Å²) in [5.41, 5.74) is 2.82. The van der Waals surface area contributed by atoms with Gasteiger partial charge in [-0.15, -0.1) is 11.3 Å². The summed E-state index contributed by atoms with van der Waals surface area (Å²) in [4.78, 5) is 23.6. The fraction of sp³-hybridized carbons (Fsp3) is 0.350. The Bertz CT molecular complexity index is 965. The molecule has 2 heterocycles. The molecule has 0 spiro atoms. The molecule has 0 aliphatic heterocycles. The molecular formula is C20H23N3O2S. The summed E-state index contributed by atoms with van der Waals surface area (Å²) in [6.45, 7) is 7.92. The first-order valence-corrected chi connectivity index (χ1v) is 9.48. The molecule has 0 saturated heterocycles. The molecule has 0 aliphatic carbocycles. The third-order valence-electron chi connectivity index (χ3n) is 4.49. The molecule has 0 aliphatic rings. The first-order chi connectivity index (χ1) is 12.5. The molecule has 1 N–H and O–H groups in total. The van der Waals surface area contributed by atoms with Crippen molar-refractivity contribution in [1.29, 1.82) is 0 Å². The Morgan fingerprint density at radius 1 is 1.27 bits per heavy atom. The Morgan fingerprint density at radius 2 is 2.00 bits per heavy atom. The van der Waals surface area contributed by atoms with Crippen LogP contribution < -0.4 is 10.1 Å². The highest BCUT2D eigenvalue weighted by molar-refractivity contribution is 7.20. The number of aromatic nitrogens is 2. The van der Waals surface area contributed by atoms with Crippen LogP contribution in [0.1, 0.15) is 52.2 Å². The molecule has 0 saturated carbocycles. The van der Waals surface area contributed by atoms with Crippen molar-refractivity contribution in [3.63, 3.8) is 0 Å². The number of hydrogen-bond acceptors (Lipinski definition) is 5. The second-order valence-electron chi connectivity index (χ2n) is 6.25. The maximum absolute atomic E-state index is 12.9. The van der Waals surface area contributed by atoms with Gasteiger partial charge in [0, 0.05) is 23.1 Å². The number of carbonyl (C=O) groups is 1. The van der Waals surface area contributed by atoms with Crippen LogP contribution in [-0.4, -0.2) is 23.0 Å². The van der Waals surface area contributed by atoms with Gasteiger partial charge in [-0.25, -0.2) is 9.97 Å². The van der Waals surface area contributed by atoms with Gasteiger partial charge in [-0.2, -0.15) is 0 Å². The lowest BCUT2D eigenvalue weighted by Crippen LogP contribution is -2.26. The van der Waals surface area contributed by atoms with E-state index in [2.05, 4.69) is 15.3 Å². The largest absolute Gasteiger partial charge is 0.496 e. The number of nitrogens with zero attached hydrogens (tertiary/aromatic N) is 2. The fourth-order valence-corrected chi connectivity index (χ4v) is 4.29. The van der Waals surface area contributed by atoms with Crippen molar-refractivity contribution in [2.75, 3.05) is 7.11 Å². The fourth-order valence-electron chi connectivity index (χ4n) is 3.13. The second-order valence-corrected chi connectivity index (χ2v) is 7.25. The lowest BCUT2D eigenvalue weighted by molar-refractivity contribution is 0.0943. The van der Waals surface area contributed by atoms with Crippen molar-refractivity contribution in [2.45, 2.75) is 40.2 Å². The average molecular weight is 369 g/mol. The number of rotatable bonds is 5. The zero-order valence-electron chi connectivity index (χ0n) is 15.7. The standard InChI is InChI=1S/C20H23N3O2S/c1-6-16-21-13(4)17-11(2)18(26-20(17)23-16)19(24)22-12(3)14-9-7-8-10-15(14)25-5/h7-10,12H,6H2,1-5H3,(H,22,24)/t12-/m1/s1. The number of carbonyl (C=O) groups excluding carboxylic acids is 1. The minimum atomic E-state index is -0.165. The number of aryl methyl sites for hydroxylation is 3. The van der Waals surface area contributed by atoms with Crippen LogP contribution in [0.25, 0.3) is 10.2 Å². The van der Waals surface area contributed by atoms with E-state index in [0.29, 0.717) is 4.88 Å². The summed E-state index contributed by atoms with van der Waals surface area (Å²) in [7, 11) is 1.64. The number of ether oxygens (including phenoxy) is 1. The van der Waals surface area contributed by atoms with Gasteiger partial charge in [-0.05, 0) is 32.4 Å². The van der Waals surface area contributed by atoms with Gasteiger partial charge in [0.2, 0.25) is 0 Å². The van der Waals surface area contributed by atoms with Crippen LogP contribution in [0.2, 0.25) is 0 Å². The molecule has 0 fully saturated rings. The van der Waals surface area contributed by atoms with Gasteiger partial charge in [-0.3, -0.25) is 4.79 Å². The van der Waals surface area contributed by atoms with Crippen LogP contribution in [0.5, 0.6) is 5.75 Å². The van der Waals surface area contributed by atoms with E-state index in [-0.39, 0.29) is 11.9 Å². The van der Waals surface area contributed by atoms with Crippen molar-refractivity contribution in [1.82, 2.24) is 15.3 Å². The smallest absolute Gasteiger partial charge is 0.262 e. The normalized spacial score (nSPS) is 12.2. The molecule has 136 valence electrons. The number of para-hydroxylation sites is 1. The van der Waals surface area contributed by atoms with Gasteiger partial charge >= 0.3 is 0 Å². The summed E-state index contributed by atoms with van der Waals surface area (Å²) in [5.74, 6) is 1.48. The Labute approximate surface area is 157 Å². The van der Waals surface area contributed by atoms with E-state index < -0.39 is 0 Å². The van der Waals surface area contributed by atoms with Crippen molar-refractivity contribution >= 4 is 27.5 Å². The van der Waals surface area contributed by atoms with Crippen molar-refractivity contribution in [3.8, 4) is 5.75 Å². The highest BCUT2D eigenvalue weighted by Gasteiger charge is 2.21. The van der Waals surface area contributed by atoms with E-state index in [0.717, 1.165) is 45.0 Å². The number of hydrogen-bond donors (Lipinski definition) is 1. The van der Waals surface area contributed by atoms with Crippen LogP contribution in [0.4, 0.5) is 0 Å². The molecule has 6 heteroatoms. The van der Waals surface area contributed by atoms with Crippen LogP contribution in [-0.2, 0) is 6.42 Å². The minimum Gasteiger partial charge on any atom is -0.496 e. The molecule has 5 nitrogen and oxygen atoms in total. The molecule has 26 heavy (non-hydrogen) atoms. The molecule has 1 atom stereocenters. The predicted octanol–water partition coefficient (Wildman–Crippen LogP) is 4.37. The molecule has 2 aromatic heterocycles. The lowest BCUT2D eigenvalue weighted by atomic mass is 10.1. The zero-order chi connectivity index (χ0) is 18.8. The van der Waals surface area contributed by atoms with Gasteiger partial charge in [0.05, 0.1) is 18.0 Å². The number of thiophene rings is 1. The van der Waals surface area contributed by atoms with E-state index >= 15 is 0 Å².